The Bertz CT molecular complexity index is 415. The average Bonchev–Trinajstić information content (AvgIpc) is 2.19. The van der Waals surface area contributed by atoms with Crippen molar-refractivity contribution in [3.05, 3.63) is 29.6 Å². The number of alkyl halides is 3. The van der Waals surface area contributed by atoms with Gasteiger partial charge >= 0.3 is 12.3 Å². The highest BCUT2D eigenvalue weighted by Crippen LogP contribution is 2.33. The van der Waals surface area contributed by atoms with Crippen LogP contribution in [0.15, 0.2) is 18.2 Å². The van der Waals surface area contributed by atoms with Gasteiger partial charge in [-0.15, -0.1) is 0 Å². The predicted octanol–water partition coefficient (Wildman–Crippen LogP) is 3.38. The van der Waals surface area contributed by atoms with Crippen molar-refractivity contribution in [2.45, 2.75) is 13.1 Å². The summed E-state index contributed by atoms with van der Waals surface area (Å²) in [5.41, 5.74) is -1.50. The SMILES string of the molecule is CCOC(=O)Oc1ccc(F)c(C(F)(F)F)c1. The molecule has 0 N–H and O–H groups in total. The second-order valence-electron chi connectivity index (χ2n) is 2.92. The molecule has 0 saturated heterocycles. The lowest BCUT2D eigenvalue weighted by Crippen LogP contribution is -2.12. The van der Waals surface area contributed by atoms with Crippen LogP contribution in [-0.4, -0.2) is 12.8 Å². The Balaban J connectivity index is 2.93. The standard InChI is InChI=1S/C10H8F4O3/c1-2-16-9(15)17-6-3-4-8(11)7(5-6)10(12,13)14/h3-5H,2H2,1H3. The van der Waals surface area contributed by atoms with Gasteiger partial charge in [0.25, 0.3) is 0 Å². The number of ether oxygens (including phenoxy) is 2. The normalized spacial score (nSPS) is 11.1. The van der Waals surface area contributed by atoms with Crippen LogP contribution in [0.3, 0.4) is 0 Å². The summed E-state index contributed by atoms with van der Waals surface area (Å²) in [5, 5.41) is 0. The van der Waals surface area contributed by atoms with E-state index in [1.807, 2.05) is 0 Å². The minimum absolute atomic E-state index is 0.0200. The summed E-state index contributed by atoms with van der Waals surface area (Å²) in [4.78, 5) is 10.8. The molecule has 0 saturated carbocycles. The van der Waals surface area contributed by atoms with Crippen molar-refractivity contribution in [3.8, 4) is 5.75 Å². The van der Waals surface area contributed by atoms with E-state index in [1.54, 1.807) is 0 Å². The molecule has 0 heterocycles. The number of carbonyl (C=O) groups excluding carboxylic acids is 1. The van der Waals surface area contributed by atoms with Gasteiger partial charge in [-0.3, -0.25) is 0 Å². The van der Waals surface area contributed by atoms with Crippen LogP contribution in [0.1, 0.15) is 12.5 Å². The van der Waals surface area contributed by atoms with Crippen molar-refractivity contribution in [2.24, 2.45) is 0 Å². The molecule has 0 aliphatic heterocycles. The van der Waals surface area contributed by atoms with Crippen molar-refractivity contribution in [1.82, 2.24) is 0 Å². The molecule has 0 spiro atoms. The van der Waals surface area contributed by atoms with E-state index in [0.29, 0.717) is 12.1 Å². The molecule has 0 aliphatic rings. The summed E-state index contributed by atoms with van der Waals surface area (Å²) in [6, 6.07) is 1.87. The molecule has 0 radical (unpaired) electrons. The molecule has 7 heteroatoms. The Hall–Kier alpha value is -1.79. The van der Waals surface area contributed by atoms with Gasteiger partial charge in [0.05, 0.1) is 12.2 Å². The second kappa shape index (κ2) is 5.03. The van der Waals surface area contributed by atoms with E-state index in [2.05, 4.69) is 9.47 Å². The topological polar surface area (TPSA) is 35.5 Å². The number of halogens is 4. The van der Waals surface area contributed by atoms with Crippen LogP contribution in [0, 0.1) is 5.82 Å². The third kappa shape index (κ3) is 3.61. The molecule has 17 heavy (non-hydrogen) atoms. The van der Waals surface area contributed by atoms with Crippen molar-refractivity contribution in [1.29, 1.82) is 0 Å². The van der Waals surface area contributed by atoms with E-state index in [1.165, 1.54) is 6.92 Å². The predicted molar refractivity (Wildman–Crippen MR) is 49.1 cm³/mol. The maximum absolute atomic E-state index is 12.9. The molecule has 3 nitrogen and oxygen atoms in total. The quantitative estimate of drug-likeness (QED) is 0.460. The highest BCUT2D eigenvalue weighted by molar-refractivity contribution is 5.63. The molecule has 0 bridgehead atoms. The van der Waals surface area contributed by atoms with Crippen molar-refractivity contribution in [2.75, 3.05) is 6.61 Å². The fourth-order valence-corrected chi connectivity index (χ4v) is 1.03. The Labute approximate surface area is 93.9 Å². The summed E-state index contributed by atoms with van der Waals surface area (Å²) >= 11 is 0. The van der Waals surface area contributed by atoms with Crippen molar-refractivity contribution >= 4 is 6.16 Å². The van der Waals surface area contributed by atoms with E-state index in [0.717, 1.165) is 6.07 Å². The number of carbonyl (C=O) groups is 1. The number of benzene rings is 1. The van der Waals surface area contributed by atoms with Gasteiger partial charge in [0.1, 0.15) is 11.6 Å². The molecule has 0 unspecified atom stereocenters. The fraction of sp³-hybridized carbons (Fsp3) is 0.300. The molecular weight excluding hydrogens is 244 g/mol. The first-order valence-corrected chi connectivity index (χ1v) is 4.56. The first-order chi connectivity index (χ1) is 7.84. The largest absolute Gasteiger partial charge is 0.513 e. The van der Waals surface area contributed by atoms with Crippen LogP contribution in [0.25, 0.3) is 0 Å². The highest BCUT2D eigenvalue weighted by atomic mass is 19.4. The Morgan fingerprint density at radius 1 is 1.35 bits per heavy atom. The monoisotopic (exact) mass is 252 g/mol. The Morgan fingerprint density at radius 2 is 2.00 bits per heavy atom. The van der Waals surface area contributed by atoms with Gasteiger partial charge < -0.3 is 9.47 Å². The van der Waals surface area contributed by atoms with E-state index in [4.69, 9.17) is 0 Å². The van der Waals surface area contributed by atoms with Gasteiger partial charge in [-0.05, 0) is 25.1 Å². The summed E-state index contributed by atoms with van der Waals surface area (Å²) in [7, 11) is 0. The van der Waals surface area contributed by atoms with Crippen LogP contribution in [0.4, 0.5) is 22.4 Å². The second-order valence-corrected chi connectivity index (χ2v) is 2.92. The first-order valence-electron chi connectivity index (χ1n) is 4.56. The highest BCUT2D eigenvalue weighted by Gasteiger charge is 2.34. The fourth-order valence-electron chi connectivity index (χ4n) is 1.03. The lowest BCUT2D eigenvalue weighted by molar-refractivity contribution is -0.140. The van der Waals surface area contributed by atoms with E-state index >= 15 is 0 Å². The third-order valence-electron chi connectivity index (χ3n) is 1.71. The summed E-state index contributed by atoms with van der Waals surface area (Å²) in [5.74, 6) is -1.87. The minimum Gasteiger partial charge on any atom is -0.434 e. The third-order valence-corrected chi connectivity index (χ3v) is 1.71. The average molecular weight is 252 g/mol. The van der Waals surface area contributed by atoms with Crippen LogP contribution in [0.2, 0.25) is 0 Å². The van der Waals surface area contributed by atoms with Crippen molar-refractivity contribution in [3.63, 3.8) is 0 Å². The summed E-state index contributed by atoms with van der Waals surface area (Å²) in [6.07, 6.45) is -6.00. The van der Waals surface area contributed by atoms with Crippen LogP contribution in [-0.2, 0) is 10.9 Å². The van der Waals surface area contributed by atoms with Gasteiger partial charge in [0.15, 0.2) is 0 Å². The van der Waals surface area contributed by atoms with Gasteiger partial charge in [0.2, 0.25) is 0 Å². The van der Waals surface area contributed by atoms with Gasteiger partial charge in [0, 0.05) is 0 Å². The molecule has 1 rings (SSSR count). The van der Waals surface area contributed by atoms with Gasteiger partial charge in [-0.2, -0.15) is 13.2 Å². The van der Waals surface area contributed by atoms with Gasteiger partial charge in [-0.25, -0.2) is 9.18 Å². The maximum atomic E-state index is 12.9. The van der Waals surface area contributed by atoms with Crippen molar-refractivity contribution < 1.29 is 31.8 Å². The Kier molecular flexibility index (Phi) is 3.93. The summed E-state index contributed by atoms with van der Waals surface area (Å²) in [6.45, 7) is 1.53. The lowest BCUT2D eigenvalue weighted by atomic mass is 10.2. The van der Waals surface area contributed by atoms with Crippen LogP contribution >= 0.6 is 0 Å². The zero-order chi connectivity index (χ0) is 13.1. The number of rotatable bonds is 2. The maximum Gasteiger partial charge on any atom is 0.513 e. The first kappa shape index (κ1) is 13.3. The molecule has 0 aliphatic carbocycles. The molecule has 1 aromatic rings. The summed E-state index contributed by atoms with van der Waals surface area (Å²) < 4.78 is 58.5. The molecule has 1 aromatic carbocycles. The molecule has 0 fully saturated rings. The number of hydrogen-bond acceptors (Lipinski definition) is 3. The van der Waals surface area contributed by atoms with Crippen LogP contribution in [0.5, 0.6) is 5.75 Å². The van der Waals surface area contributed by atoms with Gasteiger partial charge in [-0.1, -0.05) is 0 Å². The molecule has 0 amide bonds. The Morgan fingerprint density at radius 3 is 2.53 bits per heavy atom. The smallest absolute Gasteiger partial charge is 0.434 e. The lowest BCUT2D eigenvalue weighted by Gasteiger charge is -2.10. The molecular formula is C10H8F4O3. The van der Waals surface area contributed by atoms with Crippen LogP contribution < -0.4 is 4.74 Å². The molecule has 94 valence electrons. The molecule has 0 aromatic heterocycles. The zero-order valence-corrected chi connectivity index (χ0v) is 8.68. The minimum atomic E-state index is -4.85. The van der Waals surface area contributed by atoms with E-state index < -0.39 is 29.5 Å². The zero-order valence-electron chi connectivity index (χ0n) is 8.68. The number of hydrogen-bond donors (Lipinski definition) is 0. The van der Waals surface area contributed by atoms with E-state index in [-0.39, 0.29) is 6.61 Å². The molecule has 0 atom stereocenters. The van der Waals surface area contributed by atoms with E-state index in [9.17, 15) is 22.4 Å².